The van der Waals surface area contributed by atoms with Crippen molar-refractivity contribution in [2.75, 3.05) is 26.2 Å². The van der Waals surface area contributed by atoms with Crippen molar-refractivity contribution in [2.24, 2.45) is 0 Å². The molecular formula is C20H19N3O4. The largest absolute Gasteiger partial charge is 0.459 e. The first-order valence-electron chi connectivity index (χ1n) is 8.79. The van der Waals surface area contributed by atoms with E-state index in [2.05, 4.69) is 0 Å². The number of benzene rings is 1. The zero-order chi connectivity index (χ0) is 19.0. The Morgan fingerprint density at radius 2 is 1.56 bits per heavy atom. The highest BCUT2D eigenvalue weighted by molar-refractivity contribution is 6.09. The molecule has 0 unspecified atom stereocenters. The number of nitrogens with zero attached hydrogens (tertiary/aromatic N) is 3. The number of carbonyl (C=O) groups is 3. The van der Waals surface area contributed by atoms with E-state index in [4.69, 9.17) is 4.42 Å². The average Bonchev–Trinajstić information content (AvgIpc) is 3.35. The second-order valence-corrected chi connectivity index (χ2v) is 6.51. The lowest BCUT2D eigenvalue weighted by Gasteiger charge is -2.34. The molecule has 1 aliphatic rings. The summed E-state index contributed by atoms with van der Waals surface area (Å²) in [4.78, 5) is 40.7. The van der Waals surface area contributed by atoms with E-state index in [1.807, 2.05) is 24.3 Å². The summed E-state index contributed by atoms with van der Waals surface area (Å²) in [5.41, 5.74) is 1.23. The van der Waals surface area contributed by atoms with Gasteiger partial charge in [0, 0.05) is 44.7 Å². The van der Waals surface area contributed by atoms with Crippen molar-refractivity contribution in [3.63, 3.8) is 0 Å². The normalized spacial score (nSPS) is 14.6. The van der Waals surface area contributed by atoms with Gasteiger partial charge in [0.1, 0.15) is 0 Å². The van der Waals surface area contributed by atoms with Gasteiger partial charge in [0.15, 0.2) is 5.76 Å². The summed E-state index contributed by atoms with van der Waals surface area (Å²) >= 11 is 0. The highest BCUT2D eigenvalue weighted by atomic mass is 16.3. The van der Waals surface area contributed by atoms with Gasteiger partial charge in [-0.2, -0.15) is 0 Å². The molecule has 0 saturated carbocycles. The van der Waals surface area contributed by atoms with Gasteiger partial charge < -0.3 is 14.2 Å². The van der Waals surface area contributed by atoms with Crippen LogP contribution >= 0.6 is 0 Å². The fourth-order valence-electron chi connectivity index (χ4n) is 3.45. The third-order valence-electron chi connectivity index (χ3n) is 4.87. The molecule has 0 aliphatic carbocycles. The lowest BCUT2D eigenvalue weighted by molar-refractivity contribution is 0.0519. The number of amides is 2. The molecule has 2 amide bonds. The fourth-order valence-corrected chi connectivity index (χ4v) is 3.45. The van der Waals surface area contributed by atoms with Crippen molar-refractivity contribution in [2.45, 2.75) is 6.92 Å². The standard InChI is InChI=1S/C20H19N3O4/c1-14(24)23-13-16(15-5-2-3-6-17(15)23)19(25)21-8-10-22(11-9-21)20(26)18-7-4-12-27-18/h2-7,12-13H,8-11H2,1H3. The highest BCUT2D eigenvalue weighted by Crippen LogP contribution is 2.23. The Hall–Kier alpha value is -3.35. The molecule has 4 rings (SSSR count). The first-order valence-corrected chi connectivity index (χ1v) is 8.79. The van der Waals surface area contributed by atoms with E-state index in [0.29, 0.717) is 37.5 Å². The van der Waals surface area contributed by atoms with Crippen molar-refractivity contribution >= 4 is 28.6 Å². The summed E-state index contributed by atoms with van der Waals surface area (Å²) in [6.45, 7) is 3.22. The summed E-state index contributed by atoms with van der Waals surface area (Å²) in [7, 11) is 0. The molecule has 0 N–H and O–H groups in total. The van der Waals surface area contributed by atoms with E-state index in [1.165, 1.54) is 17.8 Å². The molecular weight excluding hydrogens is 346 g/mol. The first kappa shape index (κ1) is 17.1. The third kappa shape index (κ3) is 3.01. The molecule has 0 radical (unpaired) electrons. The van der Waals surface area contributed by atoms with Crippen LogP contribution in [-0.2, 0) is 0 Å². The van der Waals surface area contributed by atoms with E-state index in [0.717, 1.165) is 10.9 Å². The number of rotatable bonds is 2. The van der Waals surface area contributed by atoms with Crippen LogP contribution in [0.4, 0.5) is 0 Å². The SMILES string of the molecule is CC(=O)n1cc(C(=O)N2CCN(C(=O)c3ccco3)CC2)c2ccccc21. The molecule has 1 fully saturated rings. The topological polar surface area (TPSA) is 75.8 Å². The van der Waals surface area contributed by atoms with Crippen LogP contribution in [0.1, 0.15) is 32.6 Å². The first-order chi connectivity index (χ1) is 13.1. The van der Waals surface area contributed by atoms with Crippen LogP contribution in [0, 0.1) is 0 Å². The quantitative estimate of drug-likeness (QED) is 0.699. The van der Waals surface area contributed by atoms with Crippen LogP contribution in [0.15, 0.2) is 53.3 Å². The second-order valence-electron chi connectivity index (χ2n) is 6.51. The van der Waals surface area contributed by atoms with Crippen molar-refractivity contribution < 1.29 is 18.8 Å². The van der Waals surface area contributed by atoms with Crippen molar-refractivity contribution in [3.8, 4) is 0 Å². The predicted octanol–water partition coefficient (Wildman–Crippen LogP) is 2.49. The smallest absolute Gasteiger partial charge is 0.289 e. The number of hydrogen-bond donors (Lipinski definition) is 0. The minimum Gasteiger partial charge on any atom is -0.459 e. The zero-order valence-corrected chi connectivity index (χ0v) is 14.9. The van der Waals surface area contributed by atoms with Crippen molar-refractivity contribution in [3.05, 3.63) is 60.2 Å². The number of fused-ring (bicyclic) bond motifs is 1. The lowest BCUT2D eigenvalue weighted by Crippen LogP contribution is -2.50. The fraction of sp³-hybridized carbons (Fsp3) is 0.250. The maximum absolute atomic E-state index is 13.0. The molecule has 2 aromatic heterocycles. The Kier molecular flexibility index (Phi) is 4.27. The van der Waals surface area contributed by atoms with Crippen LogP contribution in [0.5, 0.6) is 0 Å². The third-order valence-corrected chi connectivity index (χ3v) is 4.87. The van der Waals surface area contributed by atoms with Gasteiger partial charge in [0.2, 0.25) is 5.91 Å². The summed E-state index contributed by atoms with van der Waals surface area (Å²) in [5, 5.41) is 0.756. The maximum atomic E-state index is 13.0. The highest BCUT2D eigenvalue weighted by Gasteiger charge is 2.28. The second kappa shape index (κ2) is 6.75. The monoisotopic (exact) mass is 365 g/mol. The molecule has 27 heavy (non-hydrogen) atoms. The Labute approximate surface area is 155 Å². The zero-order valence-electron chi connectivity index (χ0n) is 14.9. The van der Waals surface area contributed by atoms with E-state index >= 15 is 0 Å². The Bertz CT molecular complexity index is 1010. The number of furan rings is 1. The molecule has 138 valence electrons. The van der Waals surface area contributed by atoms with E-state index in [1.54, 1.807) is 28.1 Å². The van der Waals surface area contributed by atoms with Gasteiger partial charge >= 0.3 is 0 Å². The molecule has 1 saturated heterocycles. The van der Waals surface area contributed by atoms with Crippen LogP contribution in [0.3, 0.4) is 0 Å². The van der Waals surface area contributed by atoms with Crippen LogP contribution in [0.2, 0.25) is 0 Å². The van der Waals surface area contributed by atoms with Gasteiger partial charge in [-0.1, -0.05) is 18.2 Å². The van der Waals surface area contributed by atoms with E-state index in [-0.39, 0.29) is 17.7 Å². The van der Waals surface area contributed by atoms with Crippen LogP contribution < -0.4 is 0 Å². The maximum Gasteiger partial charge on any atom is 0.289 e. The Morgan fingerprint density at radius 3 is 2.19 bits per heavy atom. The van der Waals surface area contributed by atoms with Gasteiger partial charge in [0.05, 0.1) is 17.3 Å². The molecule has 0 spiro atoms. The summed E-state index contributed by atoms with van der Waals surface area (Å²) in [6.07, 6.45) is 3.08. The molecule has 0 atom stereocenters. The van der Waals surface area contributed by atoms with Gasteiger partial charge in [-0.05, 0) is 18.2 Å². The van der Waals surface area contributed by atoms with Crippen LogP contribution in [-0.4, -0.2) is 58.3 Å². The van der Waals surface area contributed by atoms with Gasteiger partial charge in [-0.15, -0.1) is 0 Å². The number of aromatic nitrogens is 1. The summed E-state index contributed by atoms with van der Waals surface area (Å²) in [5.74, 6) is -0.130. The predicted molar refractivity (Wildman–Crippen MR) is 98.8 cm³/mol. The number of carbonyl (C=O) groups excluding carboxylic acids is 3. The molecule has 3 aromatic rings. The number of piperazine rings is 1. The molecule has 7 nitrogen and oxygen atoms in total. The molecule has 1 aliphatic heterocycles. The Morgan fingerprint density at radius 1 is 0.889 bits per heavy atom. The van der Waals surface area contributed by atoms with E-state index < -0.39 is 0 Å². The summed E-state index contributed by atoms with van der Waals surface area (Å²) in [6, 6.07) is 10.7. The molecule has 3 heterocycles. The average molecular weight is 365 g/mol. The summed E-state index contributed by atoms with van der Waals surface area (Å²) < 4.78 is 6.66. The minimum atomic E-state index is -0.166. The molecule has 1 aromatic carbocycles. The van der Waals surface area contributed by atoms with Crippen molar-refractivity contribution in [1.82, 2.24) is 14.4 Å². The van der Waals surface area contributed by atoms with Gasteiger partial charge in [-0.3, -0.25) is 19.0 Å². The minimum absolute atomic E-state index is 0.128. The Balaban J connectivity index is 1.53. The molecule has 0 bridgehead atoms. The number of para-hydroxylation sites is 1. The van der Waals surface area contributed by atoms with E-state index in [9.17, 15) is 14.4 Å². The van der Waals surface area contributed by atoms with Gasteiger partial charge in [0.25, 0.3) is 11.8 Å². The number of hydrogen-bond acceptors (Lipinski definition) is 4. The van der Waals surface area contributed by atoms with Crippen molar-refractivity contribution in [1.29, 1.82) is 0 Å². The lowest BCUT2D eigenvalue weighted by atomic mass is 10.1. The molecule has 7 heteroatoms. The van der Waals surface area contributed by atoms with Gasteiger partial charge in [-0.25, -0.2) is 0 Å². The van der Waals surface area contributed by atoms with Crippen LogP contribution in [0.25, 0.3) is 10.9 Å².